The molecule has 0 radical (unpaired) electrons. The zero-order valence-electron chi connectivity index (χ0n) is 8.37. The van der Waals surface area contributed by atoms with E-state index in [1.54, 1.807) is 7.11 Å². The number of nitrogens with zero attached hydrogens (tertiary/aromatic N) is 2. The molecule has 1 aromatic rings. The Kier molecular flexibility index (Phi) is 3.08. The number of halogens is 1. The zero-order chi connectivity index (χ0) is 9.97. The Balaban J connectivity index is 2.15. The summed E-state index contributed by atoms with van der Waals surface area (Å²) >= 11 is 6.11. The molecule has 3 nitrogen and oxygen atoms in total. The highest BCUT2D eigenvalue weighted by Crippen LogP contribution is 2.31. The van der Waals surface area contributed by atoms with Gasteiger partial charge in [0.2, 0.25) is 0 Å². The molecule has 0 atom stereocenters. The fraction of sp³-hybridized carbons (Fsp3) is 0.700. The molecule has 4 heteroatoms. The van der Waals surface area contributed by atoms with Gasteiger partial charge >= 0.3 is 0 Å². The van der Waals surface area contributed by atoms with Gasteiger partial charge in [-0.25, -0.2) is 0 Å². The van der Waals surface area contributed by atoms with Crippen LogP contribution in [0, 0.1) is 0 Å². The topological polar surface area (TPSA) is 27.1 Å². The van der Waals surface area contributed by atoms with Gasteiger partial charge in [0.1, 0.15) is 5.15 Å². The van der Waals surface area contributed by atoms with Gasteiger partial charge in [-0.1, -0.05) is 24.4 Å². The maximum Gasteiger partial charge on any atom is 0.127 e. The standard InChI is InChI=1S/C10H15ClN2O/c1-14-7-8-6-10(11)13(12-8)9-4-2-3-5-9/h6,9H,2-5,7H2,1H3. The van der Waals surface area contributed by atoms with Crippen molar-refractivity contribution < 1.29 is 4.74 Å². The minimum atomic E-state index is 0.508. The molecule has 2 rings (SSSR count). The Bertz CT molecular complexity index is 305. The molecule has 0 saturated heterocycles. The van der Waals surface area contributed by atoms with E-state index in [2.05, 4.69) is 5.10 Å². The molecule has 1 aliphatic rings. The highest BCUT2D eigenvalue weighted by molar-refractivity contribution is 6.29. The van der Waals surface area contributed by atoms with Gasteiger partial charge in [-0.2, -0.15) is 5.10 Å². The molecule has 1 fully saturated rings. The van der Waals surface area contributed by atoms with E-state index in [0.717, 1.165) is 10.8 Å². The van der Waals surface area contributed by atoms with Crippen molar-refractivity contribution in [2.24, 2.45) is 0 Å². The number of ether oxygens (including phenoxy) is 1. The first-order valence-corrected chi connectivity index (χ1v) is 5.42. The highest BCUT2D eigenvalue weighted by atomic mass is 35.5. The summed E-state index contributed by atoms with van der Waals surface area (Å²) in [7, 11) is 1.67. The molecule has 1 saturated carbocycles. The van der Waals surface area contributed by atoms with Gasteiger partial charge in [-0.3, -0.25) is 4.68 Å². The summed E-state index contributed by atoms with van der Waals surface area (Å²) in [6, 6.07) is 2.40. The Morgan fingerprint density at radius 2 is 2.29 bits per heavy atom. The van der Waals surface area contributed by atoms with Crippen LogP contribution in [0.4, 0.5) is 0 Å². The summed E-state index contributed by atoms with van der Waals surface area (Å²) in [6.45, 7) is 0.541. The van der Waals surface area contributed by atoms with Crippen LogP contribution in [-0.4, -0.2) is 16.9 Å². The highest BCUT2D eigenvalue weighted by Gasteiger charge is 2.20. The lowest BCUT2D eigenvalue weighted by atomic mass is 10.3. The van der Waals surface area contributed by atoms with Crippen molar-refractivity contribution in [1.82, 2.24) is 9.78 Å². The van der Waals surface area contributed by atoms with Gasteiger partial charge in [0.05, 0.1) is 18.3 Å². The number of methoxy groups -OCH3 is 1. The maximum atomic E-state index is 6.11. The van der Waals surface area contributed by atoms with Crippen LogP contribution in [-0.2, 0) is 11.3 Å². The first-order chi connectivity index (χ1) is 6.81. The summed E-state index contributed by atoms with van der Waals surface area (Å²) in [5, 5.41) is 5.18. The second-order valence-corrected chi connectivity index (χ2v) is 4.16. The summed E-state index contributed by atoms with van der Waals surface area (Å²) in [5.74, 6) is 0. The van der Waals surface area contributed by atoms with Gasteiger partial charge in [0.25, 0.3) is 0 Å². The van der Waals surface area contributed by atoms with Gasteiger partial charge in [-0.05, 0) is 12.8 Å². The predicted octanol–water partition coefficient (Wildman–Crippen LogP) is 2.80. The molecule has 14 heavy (non-hydrogen) atoms. The normalized spacial score (nSPS) is 17.9. The molecular weight excluding hydrogens is 200 g/mol. The van der Waals surface area contributed by atoms with Crippen LogP contribution in [0.1, 0.15) is 37.4 Å². The van der Waals surface area contributed by atoms with Crippen LogP contribution >= 0.6 is 11.6 Å². The summed E-state index contributed by atoms with van der Waals surface area (Å²) in [6.07, 6.45) is 4.99. The molecule has 1 heterocycles. The molecule has 0 amide bonds. The number of aromatic nitrogens is 2. The van der Waals surface area contributed by atoms with Crippen molar-refractivity contribution in [3.63, 3.8) is 0 Å². The van der Waals surface area contributed by atoms with Crippen LogP contribution in [0.5, 0.6) is 0 Å². The van der Waals surface area contributed by atoms with Gasteiger partial charge < -0.3 is 4.74 Å². The van der Waals surface area contributed by atoms with E-state index < -0.39 is 0 Å². The smallest absolute Gasteiger partial charge is 0.127 e. The monoisotopic (exact) mass is 214 g/mol. The Morgan fingerprint density at radius 3 is 2.93 bits per heavy atom. The third kappa shape index (κ3) is 1.93. The lowest BCUT2D eigenvalue weighted by Gasteiger charge is -2.10. The van der Waals surface area contributed by atoms with Crippen LogP contribution in [0.25, 0.3) is 0 Å². The van der Waals surface area contributed by atoms with E-state index in [9.17, 15) is 0 Å². The molecule has 78 valence electrons. The van der Waals surface area contributed by atoms with Crippen molar-refractivity contribution in [2.75, 3.05) is 7.11 Å². The van der Waals surface area contributed by atoms with Crippen molar-refractivity contribution in [3.05, 3.63) is 16.9 Å². The summed E-state index contributed by atoms with van der Waals surface area (Å²) in [5.41, 5.74) is 0.921. The molecule has 1 aromatic heterocycles. The van der Waals surface area contributed by atoms with Crippen LogP contribution in [0.3, 0.4) is 0 Å². The van der Waals surface area contributed by atoms with Crippen LogP contribution in [0.2, 0.25) is 5.15 Å². The quantitative estimate of drug-likeness (QED) is 0.774. The zero-order valence-corrected chi connectivity index (χ0v) is 9.13. The Labute approximate surface area is 89.0 Å². The molecule has 0 unspecified atom stereocenters. The molecule has 0 bridgehead atoms. The van der Waals surface area contributed by atoms with Crippen molar-refractivity contribution in [3.8, 4) is 0 Å². The predicted molar refractivity (Wildman–Crippen MR) is 55.5 cm³/mol. The Morgan fingerprint density at radius 1 is 1.57 bits per heavy atom. The first-order valence-electron chi connectivity index (χ1n) is 5.04. The fourth-order valence-electron chi connectivity index (χ4n) is 2.04. The van der Waals surface area contributed by atoms with E-state index in [1.807, 2.05) is 10.7 Å². The van der Waals surface area contributed by atoms with Crippen molar-refractivity contribution in [2.45, 2.75) is 38.3 Å². The molecule has 0 aliphatic heterocycles. The van der Waals surface area contributed by atoms with E-state index in [1.165, 1.54) is 25.7 Å². The van der Waals surface area contributed by atoms with Gasteiger partial charge in [-0.15, -0.1) is 0 Å². The second-order valence-electron chi connectivity index (χ2n) is 3.77. The SMILES string of the molecule is COCc1cc(Cl)n(C2CCCC2)n1. The lowest BCUT2D eigenvalue weighted by molar-refractivity contribution is 0.180. The number of hydrogen-bond donors (Lipinski definition) is 0. The second kappa shape index (κ2) is 4.32. The van der Waals surface area contributed by atoms with Gasteiger partial charge in [0, 0.05) is 13.2 Å². The largest absolute Gasteiger partial charge is 0.378 e. The van der Waals surface area contributed by atoms with E-state index in [-0.39, 0.29) is 0 Å². The van der Waals surface area contributed by atoms with Crippen molar-refractivity contribution in [1.29, 1.82) is 0 Å². The average Bonchev–Trinajstić information content (AvgIpc) is 2.74. The first kappa shape index (κ1) is 9.99. The van der Waals surface area contributed by atoms with Crippen LogP contribution < -0.4 is 0 Å². The molecule has 1 aliphatic carbocycles. The molecule has 0 spiro atoms. The Hall–Kier alpha value is -0.540. The number of rotatable bonds is 3. The summed E-state index contributed by atoms with van der Waals surface area (Å²) in [4.78, 5) is 0. The van der Waals surface area contributed by atoms with E-state index in [0.29, 0.717) is 12.6 Å². The molecular formula is C10H15ClN2O. The van der Waals surface area contributed by atoms with Crippen LogP contribution in [0.15, 0.2) is 6.07 Å². The number of hydrogen-bond acceptors (Lipinski definition) is 2. The minimum Gasteiger partial charge on any atom is -0.378 e. The van der Waals surface area contributed by atoms with E-state index >= 15 is 0 Å². The third-order valence-corrected chi connectivity index (χ3v) is 2.99. The summed E-state index contributed by atoms with van der Waals surface area (Å²) < 4.78 is 6.97. The molecule has 0 N–H and O–H groups in total. The molecule has 0 aromatic carbocycles. The fourth-order valence-corrected chi connectivity index (χ4v) is 2.34. The minimum absolute atomic E-state index is 0.508. The van der Waals surface area contributed by atoms with Gasteiger partial charge in [0.15, 0.2) is 0 Å². The average molecular weight is 215 g/mol. The van der Waals surface area contributed by atoms with E-state index in [4.69, 9.17) is 16.3 Å². The maximum absolute atomic E-state index is 6.11. The lowest BCUT2D eigenvalue weighted by Crippen LogP contribution is -2.07. The van der Waals surface area contributed by atoms with Crippen molar-refractivity contribution >= 4 is 11.6 Å². The third-order valence-electron chi connectivity index (χ3n) is 2.70.